The molecule has 6 atom stereocenters. The van der Waals surface area contributed by atoms with Crippen LogP contribution in [0, 0.1) is 23.7 Å². The highest BCUT2D eigenvalue weighted by molar-refractivity contribution is 6.11. The summed E-state index contributed by atoms with van der Waals surface area (Å²) in [5.74, 6) is -0.638. The molecule has 3 amide bonds. The van der Waals surface area contributed by atoms with Crippen LogP contribution in [-0.2, 0) is 20.8 Å². The molecule has 0 aromatic heterocycles. The van der Waals surface area contributed by atoms with Gasteiger partial charge < -0.3 is 4.90 Å². The van der Waals surface area contributed by atoms with Crippen molar-refractivity contribution in [1.29, 1.82) is 0 Å². The average Bonchev–Trinajstić information content (AvgIpc) is 3.34. The molecule has 0 radical (unpaired) electrons. The van der Waals surface area contributed by atoms with E-state index in [1.165, 1.54) is 10.5 Å². The van der Waals surface area contributed by atoms with E-state index in [9.17, 15) is 14.4 Å². The van der Waals surface area contributed by atoms with Crippen LogP contribution in [0.4, 0.5) is 5.69 Å². The van der Waals surface area contributed by atoms with E-state index in [1.54, 1.807) is 11.8 Å². The second-order valence-corrected chi connectivity index (χ2v) is 8.58. The smallest absolute Gasteiger partial charge is 0.250 e. The summed E-state index contributed by atoms with van der Waals surface area (Å²) in [4.78, 5) is 42.6. The summed E-state index contributed by atoms with van der Waals surface area (Å²) < 4.78 is 0. The van der Waals surface area contributed by atoms with E-state index in [-0.39, 0.29) is 47.4 Å². The van der Waals surface area contributed by atoms with Crippen LogP contribution in [-0.4, -0.2) is 34.7 Å². The Bertz CT molecular complexity index is 905. The Labute approximate surface area is 159 Å². The summed E-state index contributed by atoms with van der Waals surface area (Å²) in [5, 5.41) is 0. The monoisotopic (exact) mass is 364 g/mol. The number of fused-ring (bicyclic) bond motifs is 6. The van der Waals surface area contributed by atoms with Crippen LogP contribution in [0.5, 0.6) is 0 Å². The molecule has 1 saturated heterocycles. The molecular formula is C22H24N2O3. The lowest BCUT2D eigenvalue weighted by Crippen LogP contribution is -2.51. The highest BCUT2D eigenvalue weighted by atomic mass is 16.2. The van der Waals surface area contributed by atoms with Crippen LogP contribution < -0.4 is 4.90 Å². The standard InChI is InChI=1S/C22H24N2O3/c1-11-8-15-10-16(11)19-18(15)21(26)24(22(19)27)13(3)20(25)23-12(2)9-14-6-4-5-7-17(14)23/h4-8,12-13,15-16,18-19H,9-10H2,1-3H3/t12-,13-,15+,16-,18-,19+/m1/s1. The molecule has 2 fully saturated rings. The van der Waals surface area contributed by atoms with Gasteiger partial charge in [-0.05, 0) is 57.1 Å². The number of allylic oxidation sites excluding steroid dienone is 2. The van der Waals surface area contributed by atoms with Crippen molar-refractivity contribution < 1.29 is 14.4 Å². The van der Waals surface area contributed by atoms with Gasteiger partial charge in [-0.2, -0.15) is 0 Å². The second kappa shape index (κ2) is 5.54. The van der Waals surface area contributed by atoms with Gasteiger partial charge in [0, 0.05) is 11.7 Å². The summed E-state index contributed by atoms with van der Waals surface area (Å²) in [6.07, 6.45) is 3.87. The zero-order chi connectivity index (χ0) is 19.0. The number of hydrogen-bond donors (Lipinski definition) is 0. The van der Waals surface area contributed by atoms with Gasteiger partial charge in [-0.1, -0.05) is 29.8 Å². The van der Waals surface area contributed by atoms with Gasteiger partial charge in [-0.15, -0.1) is 0 Å². The van der Waals surface area contributed by atoms with Gasteiger partial charge in [0.2, 0.25) is 17.7 Å². The molecule has 2 aliphatic carbocycles. The minimum Gasteiger partial charge on any atom is -0.307 e. The number of para-hydroxylation sites is 1. The molecule has 5 rings (SSSR count). The van der Waals surface area contributed by atoms with Crippen molar-refractivity contribution in [2.24, 2.45) is 23.7 Å². The van der Waals surface area contributed by atoms with Crippen LogP contribution in [0.1, 0.15) is 32.8 Å². The number of hydrogen-bond acceptors (Lipinski definition) is 3. The van der Waals surface area contributed by atoms with Gasteiger partial charge in [0.1, 0.15) is 6.04 Å². The third-order valence-corrected chi connectivity index (χ3v) is 7.10. The Morgan fingerprint density at radius 3 is 2.63 bits per heavy atom. The normalized spacial score (nSPS) is 34.8. The molecule has 140 valence electrons. The summed E-state index contributed by atoms with van der Waals surface area (Å²) in [6, 6.07) is 7.15. The maximum atomic E-state index is 13.3. The Morgan fingerprint density at radius 2 is 1.85 bits per heavy atom. The number of carbonyl (C=O) groups is 3. The van der Waals surface area contributed by atoms with Gasteiger partial charge >= 0.3 is 0 Å². The molecule has 27 heavy (non-hydrogen) atoms. The van der Waals surface area contributed by atoms with E-state index in [0.717, 1.165) is 24.1 Å². The van der Waals surface area contributed by atoms with Crippen molar-refractivity contribution in [3.8, 4) is 0 Å². The van der Waals surface area contributed by atoms with Gasteiger partial charge in [0.05, 0.1) is 11.8 Å². The molecule has 2 bridgehead atoms. The number of anilines is 1. The van der Waals surface area contributed by atoms with Crippen LogP contribution in [0.25, 0.3) is 0 Å². The van der Waals surface area contributed by atoms with Gasteiger partial charge in [0.15, 0.2) is 0 Å². The van der Waals surface area contributed by atoms with Crippen molar-refractivity contribution in [2.75, 3.05) is 4.90 Å². The Hall–Kier alpha value is -2.43. The molecule has 5 nitrogen and oxygen atoms in total. The molecule has 0 spiro atoms. The topological polar surface area (TPSA) is 57.7 Å². The lowest BCUT2D eigenvalue weighted by molar-refractivity contribution is -0.147. The maximum Gasteiger partial charge on any atom is 0.250 e. The first kappa shape index (κ1) is 16.7. The third-order valence-electron chi connectivity index (χ3n) is 7.10. The molecule has 1 aromatic rings. The molecule has 0 unspecified atom stereocenters. The molecule has 4 aliphatic rings. The molecule has 1 saturated carbocycles. The van der Waals surface area contributed by atoms with Crippen LogP contribution in [0.2, 0.25) is 0 Å². The van der Waals surface area contributed by atoms with Gasteiger partial charge in [-0.3, -0.25) is 19.3 Å². The second-order valence-electron chi connectivity index (χ2n) is 8.58. The highest BCUT2D eigenvalue weighted by Gasteiger charge is 2.62. The zero-order valence-electron chi connectivity index (χ0n) is 15.9. The van der Waals surface area contributed by atoms with Gasteiger partial charge in [0.25, 0.3) is 0 Å². The number of amides is 3. The highest BCUT2D eigenvalue weighted by Crippen LogP contribution is 2.55. The van der Waals surface area contributed by atoms with Crippen molar-refractivity contribution >= 4 is 23.4 Å². The minimum absolute atomic E-state index is 0.0322. The van der Waals surface area contributed by atoms with Crippen molar-refractivity contribution in [3.63, 3.8) is 0 Å². The molecule has 5 heteroatoms. The lowest BCUT2D eigenvalue weighted by atomic mass is 9.82. The summed E-state index contributed by atoms with van der Waals surface area (Å²) >= 11 is 0. The first-order valence-electron chi connectivity index (χ1n) is 9.86. The predicted molar refractivity (Wildman–Crippen MR) is 101 cm³/mol. The average molecular weight is 364 g/mol. The van der Waals surface area contributed by atoms with Crippen molar-refractivity contribution in [1.82, 2.24) is 4.90 Å². The van der Waals surface area contributed by atoms with E-state index in [4.69, 9.17) is 0 Å². The minimum atomic E-state index is -0.760. The van der Waals surface area contributed by atoms with Crippen molar-refractivity contribution in [2.45, 2.75) is 45.7 Å². The number of rotatable bonds is 2. The number of benzene rings is 1. The summed E-state index contributed by atoms with van der Waals surface area (Å²) in [6.45, 7) is 5.77. The molecular weight excluding hydrogens is 340 g/mol. The number of nitrogens with zero attached hydrogens (tertiary/aromatic N) is 2. The summed E-state index contributed by atoms with van der Waals surface area (Å²) in [7, 11) is 0. The Kier molecular flexibility index (Phi) is 3.43. The Morgan fingerprint density at radius 1 is 1.15 bits per heavy atom. The number of carbonyl (C=O) groups excluding carboxylic acids is 3. The molecule has 2 aliphatic heterocycles. The molecule has 2 heterocycles. The largest absolute Gasteiger partial charge is 0.307 e. The fraction of sp³-hybridized carbons (Fsp3) is 0.500. The van der Waals surface area contributed by atoms with E-state index < -0.39 is 6.04 Å². The van der Waals surface area contributed by atoms with Crippen LogP contribution in [0.15, 0.2) is 35.9 Å². The number of imide groups is 1. The van der Waals surface area contributed by atoms with Gasteiger partial charge in [-0.25, -0.2) is 0 Å². The fourth-order valence-corrected chi connectivity index (χ4v) is 5.89. The van der Waals surface area contributed by atoms with Crippen LogP contribution in [0.3, 0.4) is 0 Å². The quantitative estimate of drug-likeness (QED) is 0.599. The first-order chi connectivity index (χ1) is 12.9. The van der Waals surface area contributed by atoms with E-state index in [0.29, 0.717) is 0 Å². The zero-order valence-corrected chi connectivity index (χ0v) is 15.9. The van der Waals surface area contributed by atoms with E-state index >= 15 is 0 Å². The van der Waals surface area contributed by atoms with E-state index in [2.05, 4.69) is 13.0 Å². The van der Waals surface area contributed by atoms with Crippen LogP contribution >= 0.6 is 0 Å². The third kappa shape index (κ3) is 2.08. The van der Waals surface area contributed by atoms with Crippen molar-refractivity contribution in [3.05, 3.63) is 41.5 Å². The Balaban J connectivity index is 1.44. The first-order valence-corrected chi connectivity index (χ1v) is 9.86. The maximum absolute atomic E-state index is 13.3. The number of likely N-dealkylation sites (tertiary alicyclic amines) is 1. The summed E-state index contributed by atoms with van der Waals surface area (Å²) in [5.41, 5.74) is 3.27. The predicted octanol–water partition coefficient (Wildman–Crippen LogP) is 2.55. The molecule has 1 aromatic carbocycles. The fourth-order valence-electron chi connectivity index (χ4n) is 5.89. The van der Waals surface area contributed by atoms with E-state index in [1.807, 2.05) is 31.2 Å². The SMILES string of the molecule is CC1=C[C@H]2C[C@H]1[C@@H]1C(=O)N([C@H](C)C(=O)N3c4ccccc4C[C@H]3C)C(=O)[C@@H]12. The lowest BCUT2D eigenvalue weighted by Gasteiger charge is -2.30. The molecule has 0 N–H and O–H groups in total.